The Hall–Kier alpha value is -1.42. The summed E-state index contributed by atoms with van der Waals surface area (Å²) in [5.41, 5.74) is 1.88. The molecule has 2 unspecified atom stereocenters. The number of carbonyl (C=O) groups is 1. The normalized spacial score (nSPS) is 23.0. The molecule has 0 aromatic carbocycles. The molecule has 1 aromatic heterocycles. The quantitative estimate of drug-likeness (QED) is 0.842. The SMILES string of the molecule is Cc1cccnc1CC(=O)NCC1CCC(O)C1. The van der Waals surface area contributed by atoms with E-state index in [1.54, 1.807) is 6.20 Å². The topological polar surface area (TPSA) is 62.2 Å². The standard InChI is InChI=1S/C14H20N2O2/c1-10-3-2-6-15-13(10)8-14(18)16-9-11-4-5-12(17)7-11/h2-3,6,11-12,17H,4-5,7-9H2,1H3,(H,16,18). The Balaban J connectivity index is 1.77. The van der Waals surface area contributed by atoms with Gasteiger partial charge in [-0.05, 0) is 43.7 Å². The lowest BCUT2D eigenvalue weighted by Gasteiger charge is -2.11. The number of aliphatic hydroxyl groups excluding tert-OH is 1. The number of hydrogen-bond acceptors (Lipinski definition) is 3. The van der Waals surface area contributed by atoms with Crippen molar-refractivity contribution < 1.29 is 9.90 Å². The first-order valence-electron chi connectivity index (χ1n) is 6.50. The molecule has 1 heterocycles. The van der Waals surface area contributed by atoms with E-state index < -0.39 is 0 Å². The Labute approximate surface area is 107 Å². The van der Waals surface area contributed by atoms with Gasteiger partial charge in [-0.1, -0.05) is 6.07 Å². The molecule has 1 aromatic rings. The number of nitrogens with one attached hydrogen (secondary N) is 1. The summed E-state index contributed by atoms with van der Waals surface area (Å²) in [6, 6.07) is 3.83. The van der Waals surface area contributed by atoms with Gasteiger partial charge in [0, 0.05) is 12.7 Å². The molecule has 98 valence electrons. The van der Waals surface area contributed by atoms with Gasteiger partial charge in [0.25, 0.3) is 0 Å². The largest absolute Gasteiger partial charge is 0.393 e. The van der Waals surface area contributed by atoms with Gasteiger partial charge >= 0.3 is 0 Å². The van der Waals surface area contributed by atoms with E-state index in [-0.39, 0.29) is 12.0 Å². The van der Waals surface area contributed by atoms with E-state index in [0.717, 1.165) is 30.5 Å². The number of carbonyl (C=O) groups excluding carboxylic acids is 1. The molecule has 0 spiro atoms. The highest BCUT2D eigenvalue weighted by Crippen LogP contribution is 2.24. The van der Waals surface area contributed by atoms with Crippen LogP contribution in [0, 0.1) is 12.8 Å². The number of hydrogen-bond donors (Lipinski definition) is 2. The zero-order valence-electron chi connectivity index (χ0n) is 10.7. The van der Waals surface area contributed by atoms with Gasteiger partial charge in [0.15, 0.2) is 0 Å². The third-order valence-electron chi connectivity index (χ3n) is 3.55. The van der Waals surface area contributed by atoms with E-state index in [0.29, 0.717) is 18.9 Å². The van der Waals surface area contributed by atoms with Crippen molar-refractivity contribution in [3.63, 3.8) is 0 Å². The first-order valence-corrected chi connectivity index (χ1v) is 6.50. The maximum Gasteiger partial charge on any atom is 0.226 e. The van der Waals surface area contributed by atoms with Crippen molar-refractivity contribution in [2.45, 2.75) is 38.7 Å². The fourth-order valence-corrected chi connectivity index (χ4v) is 2.41. The molecule has 0 bridgehead atoms. The fraction of sp³-hybridized carbons (Fsp3) is 0.571. The van der Waals surface area contributed by atoms with Crippen molar-refractivity contribution in [1.82, 2.24) is 10.3 Å². The van der Waals surface area contributed by atoms with Crippen LogP contribution in [-0.4, -0.2) is 28.6 Å². The molecule has 0 aliphatic heterocycles. The van der Waals surface area contributed by atoms with Crippen LogP contribution in [0.25, 0.3) is 0 Å². The second-order valence-electron chi connectivity index (χ2n) is 5.08. The minimum atomic E-state index is -0.176. The van der Waals surface area contributed by atoms with E-state index in [9.17, 15) is 9.90 Å². The molecule has 2 atom stereocenters. The van der Waals surface area contributed by atoms with Gasteiger partial charge in [-0.3, -0.25) is 9.78 Å². The van der Waals surface area contributed by atoms with Crippen LogP contribution < -0.4 is 5.32 Å². The zero-order chi connectivity index (χ0) is 13.0. The van der Waals surface area contributed by atoms with Crippen molar-refractivity contribution in [2.75, 3.05) is 6.54 Å². The maximum atomic E-state index is 11.8. The Morgan fingerprint density at radius 1 is 1.56 bits per heavy atom. The van der Waals surface area contributed by atoms with Crippen molar-refractivity contribution in [2.24, 2.45) is 5.92 Å². The number of aryl methyl sites for hydroxylation is 1. The molecule has 4 heteroatoms. The number of pyridine rings is 1. The van der Waals surface area contributed by atoms with Crippen molar-refractivity contribution in [3.8, 4) is 0 Å². The van der Waals surface area contributed by atoms with Crippen LogP contribution in [0.1, 0.15) is 30.5 Å². The van der Waals surface area contributed by atoms with E-state index in [1.807, 2.05) is 19.1 Å². The van der Waals surface area contributed by atoms with E-state index in [2.05, 4.69) is 10.3 Å². The first kappa shape index (κ1) is 13.0. The lowest BCUT2D eigenvalue weighted by atomic mass is 10.1. The van der Waals surface area contributed by atoms with Crippen LogP contribution in [0.4, 0.5) is 0 Å². The van der Waals surface area contributed by atoms with Crippen LogP contribution in [0.2, 0.25) is 0 Å². The van der Waals surface area contributed by atoms with E-state index in [1.165, 1.54) is 0 Å². The fourth-order valence-electron chi connectivity index (χ4n) is 2.41. The first-order chi connectivity index (χ1) is 8.65. The van der Waals surface area contributed by atoms with Gasteiger partial charge < -0.3 is 10.4 Å². The lowest BCUT2D eigenvalue weighted by Crippen LogP contribution is -2.30. The Bertz CT molecular complexity index is 420. The van der Waals surface area contributed by atoms with Crippen molar-refractivity contribution in [1.29, 1.82) is 0 Å². The van der Waals surface area contributed by atoms with E-state index >= 15 is 0 Å². The van der Waals surface area contributed by atoms with Gasteiger partial charge in [0.05, 0.1) is 18.2 Å². The zero-order valence-corrected chi connectivity index (χ0v) is 10.7. The summed E-state index contributed by atoms with van der Waals surface area (Å²) in [4.78, 5) is 16.0. The molecule has 1 fully saturated rings. The highest BCUT2D eigenvalue weighted by atomic mass is 16.3. The van der Waals surface area contributed by atoms with Crippen LogP contribution in [0.15, 0.2) is 18.3 Å². The Kier molecular flexibility index (Phi) is 4.31. The summed E-state index contributed by atoms with van der Waals surface area (Å²) in [5, 5.41) is 12.3. The van der Waals surface area contributed by atoms with Gasteiger partial charge in [-0.15, -0.1) is 0 Å². The third kappa shape index (κ3) is 3.53. The van der Waals surface area contributed by atoms with E-state index in [4.69, 9.17) is 0 Å². The molecule has 0 radical (unpaired) electrons. The summed E-state index contributed by atoms with van der Waals surface area (Å²) in [5.74, 6) is 0.437. The smallest absolute Gasteiger partial charge is 0.226 e. The molecule has 1 aliphatic carbocycles. The summed E-state index contributed by atoms with van der Waals surface area (Å²) in [6.07, 6.45) is 4.54. The molecule has 1 amide bonds. The number of rotatable bonds is 4. The summed E-state index contributed by atoms with van der Waals surface area (Å²) < 4.78 is 0. The van der Waals surface area contributed by atoms with Gasteiger partial charge in [0.1, 0.15) is 0 Å². The van der Waals surface area contributed by atoms with Crippen LogP contribution in [-0.2, 0) is 11.2 Å². The second kappa shape index (κ2) is 5.96. The molecular weight excluding hydrogens is 228 g/mol. The Morgan fingerprint density at radius 2 is 2.39 bits per heavy atom. The van der Waals surface area contributed by atoms with Crippen molar-refractivity contribution >= 4 is 5.91 Å². The maximum absolute atomic E-state index is 11.8. The molecule has 4 nitrogen and oxygen atoms in total. The van der Waals surface area contributed by atoms with Crippen LogP contribution in [0.5, 0.6) is 0 Å². The average Bonchev–Trinajstić information content (AvgIpc) is 2.76. The highest BCUT2D eigenvalue weighted by Gasteiger charge is 2.22. The minimum Gasteiger partial charge on any atom is -0.393 e. The lowest BCUT2D eigenvalue weighted by molar-refractivity contribution is -0.120. The molecule has 1 saturated carbocycles. The summed E-state index contributed by atoms with van der Waals surface area (Å²) in [6.45, 7) is 2.63. The highest BCUT2D eigenvalue weighted by molar-refractivity contribution is 5.78. The Morgan fingerprint density at radius 3 is 3.06 bits per heavy atom. The number of nitrogens with zero attached hydrogens (tertiary/aromatic N) is 1. The average molecular weight is 248 g/mol. The van der Waals surface area contributed by atoms with Crippen molar-refractivity contribution in [3.05, 3.63) is 29.6 Å². The molecule has 2 N–H and O–H groups in total. The molecule has 2 rings (SSSR count). The molecule has 0 saturated heterocycles. The summed E-state index contributed by atoms with van der Waals surface area (Å²) >= 11 is 0. The number of aliphatic hydroxyl groups is 1. The molecule has 1 aliphatic rings. The third-order valence-corrected chi connectivity index (χ3v) is 3.55. The second-order valence-corrected chi connectivity index (χ2v) is 5.08. The van der Waals surface area contributed by atoms with Crippen LogP contribution >= 0.6 is 0 Å². The van der Waals surface area contributed by atoms with Gasteiger partial charge in [-0.2, -0.15) is 0 Å². The predicted octanol–water partition coefficient (Wildman–Crippen LogP) is 1.21. The van der Waals surface area contributed by atoms with Gasteiger partial charge in [0.2, 0.25) is 5.91 Å². The van der Waals surface area contributed by atoms with Crippen LogP contribution in [0.3, 0.4) is 0 Å². The summed E-state index contributed by atoms with van der Waals surface area (Å²) in [7, 11) is 0. The number of aromatic nitrogens is 1. The molecule has 18 heavy (non-hydrogen) atoms. The molecular formula is C14H20N2O2. The number of amides is 1. The monoisotopic (exact) mass is 248 g/mol. The van der Waals surface area contributed by atoms with Gasteiger partial charge in [-0.25, -0.2) is 0 Å². The minimum absolute atomic E-state index is 0.0122. The predicted molar refractivity (Wildman–Crippen MR) is 69.0 cm³/mol.